The fourth-order valence-electron chi connectivity index (χ4n) is 5.76. The SMILES string of the molecule is [2H]C([2H])([2H])n1c(=O)n([C@@H]2CC[C@@]([2H])(NC(=O)OC)C2)c2cc(Nc3ccc4c(C(F)(F)F)nc([C@@]5(C(N)=O)C[C@@H]5C)n4n3)ncc21. The maximum atomic E-state index is 13.9. The standard InChI is InChI=1S/C26H28F3N9O4/c1-12-10-25(12,21(30)39)22-34-20(26(27,28)29)15-6-7-18(35-38(15)22)33-19-9-16-17(11-31-19)36(2)24(41)37(16)14-5-4-13(8-14)32-23(40)42-3/h6-7,9,11-14H,4-5,8,10H2,1-3H3,(H2,30,39)(H,32,40)(H,31,33,35)/t12-,13+,14+,25-/m0/s1/i2D3,13D. The molecule has 0 unspecified atom stereocenters. The monoisotopic (exact) mass is 591 g/mol. The van der Waals surface area contributed by atoms with Gasteiger partial charge in [-0.3, -0.25) is 13.9 Å². The summed E-state index contributed by atoms with van der Waals surface area (Å²) < 4.78 is 81.5. The van der Waals surface area contributed by atoms with Gasteiger partial charge in [-0.25, -0.2) is 24.1 Å². The van der Waals surface area contributed by atoms with Crippen molar-refractivity contribution in [2.45, 2.75) is 56.3 Å². The van der Waals surface area contributed by atoms with Gasteiger partial charge in [0.05, 0.1) is 31.2 Å². The zero-order chi connectivity index (χ0) is 33.6. The van der Waals surface area contributed by atoms with Gasteiger partial charge in [0, 0.05) is 29.2 Å². The first-order chi connectivity index (χ1) is 21.4. The molecule has 2 aliphatic carbocycles. The molecule has 4 aromatic heterocycles. The van der Waals surface area contributed by atoms with E-state index in [9.17, 15) is 27.6 Å². The van der Waals surface area contributed by atoms with Crippen molar-refractivity contribution in [1.29, 1.82) is 0 Å². The van der Waals surface area contributed by atoms with Crippen LogP contribution in [-0.2, 0) is 28.1 Å². The van der Waals surface area contributed by atoms with Gasteiger partial charge in [0.2, 0.25) is 5.91 Å². The number of primary amides is 1. The lowest BCUT2D eigenvalue weighted by atomic mass is 10.0. The van der Waals surface area contributed by atoms with Gasteiger partial charge in [-0.2, -0.15) is 13.2 Å². The van der Waals surface area contributed by atoms with E-state index in [0.29, 0.717) is 4.57 Å². The second kappa shape index (κ2) is 9.46. The van der Waals surface area contributed by atoms with Crippen LogP contribution >= 0.6 is 0 Å². The number of nitrogens with one attached hydrogen (secondary N) is 2. The molecule has 0 spiro atoms. The van der Waals surface area contributed by atoms with Gasteiger partial charge in [0.15, 0.2) is 11.5 Å². The number of ether oxygens (including phenoxy) is 1. The first kappa shape index (κ1) is 23.0. The molecule has 0 aromatic carbocycles. The molecule has 6 rings (SSSR count). The number of rotatable bonds is 6. The molecule has 4 N–H and O–H groups in total. The van der Waals surface area contributed by atoms with Crippen molar-refractivity contribution in [3.8, 4) is 0 Å². The molecule has 2 saturated carbocycles. The van der Waals surface area contributed by atoms with Crippen molar-refractivity contribution >= 4 is 40.2 Å². The van der Waals surface area contributed by atoms with Gasteiger partial charge in [-0.15, -0.1) is 5.10 Å². The third-order valence-electron chi connectivity index (χ3n) is 8.02. The number of alkyl halides is 3. The largest absolute Gasteiger partial charge is 0.453 e. The van der Waals surface area contributed by atoms with Gasteiger partial charge in [0.25, 0.3) is 0 Å². The van der Waals surface area contributed by atoms with Crippen molar-refractivity contribution in [1.82, 2.24) is 34.0 Å². The first-order valence-electron chi connectivity index (χ1n) is 14.9. The lowest BCUT2D eigenvalue weighted by Crippen LogP contribution is -2.33. The van der Waals surface area contributed by atoms with Crippen molar-refractivity contribution in [3.05, 3.63) is 46.4 Å². The Morgan fingerprint density at radius 1 is 1.24 bits per heavy atom. The number of aromatic nitrogens is 6. The van der Waals surface area contributed by atoms with Gasteiger partial charge in [0.1, 0.15) is 17.1 Å². The highest BCUT2D eigenvalue weighted by Crippen LogP contribution is 2.54. The number of anilines is 2. The highest BCUT2D eigenvalue weighted by Gasteiger charge is 2.61. The van der Waals surface area contributed by atoms with E-state index < -0.39 is 54.0 Å². The maximum absolute atomic E-state index is 13.9. The minimum atomic E-state index is -4.84. The molecular formula is C26H28F3N9O4. The third-order valence-corrected chi connectivity index (χ3v) is 8.02. The summed E-state index contributed by atoms with van der Waals surface area (Å²) in [5.74, 6) is -1.38. The summed E-state index contributed by atoms with van der Waals surface area (Å²) in [7, 11) is 1.15. The van der Waals surface area contributed by atoms with Crippen molar-refractivity contribution in [3.63, 3.8) is 0 Å². The van der Waals surface area contributed by atoms with Crippen molar-refractivity contribution < 1.29 is 33.0 Å². The Labute approximate surface area is 241 Å². The molecule has 16 heteroatoms. The number of carbonyl (C=O) groups excluding carboxylic acids is 2. The number of halogens is 3. The smallest absolute Gasteiger partial charge is 0.435 e. The molecule has 4 atom stereocenters. The van der Waals surface area contributed by atoms with Gasteiger partial charge >= 0.3 is 18.0 Å². The van der Waals surface area contributed by atoms with Crippen LogP contribution in [0.5, 0.6) is 0 Å². The molecular weight excluding hydrogens is 559 g/mol. The van der Waals surface area contributed by atoms with Crippen LogP contribution in [0.1, 0.15) is 55.7 Å². The van der Waals surface area contributed by atoms with E-state index in [1.807, 2.05) is 0 Å². The molecule has 0 radical (unpaired) electrons. The molecule has 4 aromatic rings. The second-order valence-corrected chi connectivity index (χ2v) is 10.5. The molecule has 2 fully saturated rings. The van der Waals surface area contributed by atoms with E-state index in [-0.39, 0.29) is 65.6 Å². The van der Waals surface area contributed by atoms with E-state index in [4.69, 9.17) is 11.2 Å². The van der Waals surface area contributed by atoms with Gasteiger partial charge in [-0.1, -0.05) is 6.92 Å². The molecule has 42 heavy (non-hydrogen) atoms. The minimum Gasteiger partial charge on any atom is -0.453 e. The highest BCUT2D eigenvalue weighted by molar-refractivity contribution is 5.90. The Kier molecular flexibility index (Phi) is 5.18. The van der Waals surface area contributed by atoms with E-state index in [0.717, 1.165) is 23.9 Å². The predicted molar refractivity (Wildman–Crippen MR) is 143 cm³/mol. The number of nitrogens with two attached hydrogens (primary N) is 1. The quantitative estimate of drug-likeness (QED) is 0.308. The average Bonchev–Trinajstić information content (AvgIpc) is 3.21. The van der Waals surface area contributed by atoms with Crippen LogP contribution in [0, 0.1) is 5.92 Å². The number of pyridine rings is 1. The zero-order valence-electron chi connectivity index (χ0n) is 26.3. The third kappa shape index (κ3) is 4.23. The Balaban J connectivity index is 1.43. The number of fused-ring (bicyclic) bond motifs is 2. The fraction of sp³-hybridized carbons (Fsp3) is 0.462. The molecule has 4 heterocycles. The van der Waals surface area contributed by atoms with Gasteiger partial charge < -0.3 is 21.1 Å². The Hall–Kier alpha value is -4.63. The van der Waals surface area contributed by atoms with E-state index in [1.165, 1.54) is 16.7 Å². The lowest BCUT2D eigenvalue weighted by molar-refractivity contribution is -0.139. The summed E-state index contributed by atoms with van der Waals surface area (Å²) >= 11 is 0. The molecule has 0 aliphatic heterocycles. The summed E-state index contributed by atoms with van der Waals surface area (Å²) in [6.07, 6.45) is -3.93. The molecule has 0 saturated heterocycles. The van der Waals surface area contributed by atoms with E-state index in [1.54, 1.807) is 6.92 Å². The zero-order valence-corrected chi connectivity index (χ0v) is 22.3. The first-order valence-corrected chi connectivity index (χ1v) is 12.9. The number of hydrogen-bond acceptors (Lipinski definition) is 8. The molecule has 222 valence electrons. The molecule has 2 aliphatic rings. The number of amides is 2. The average molecular weight is 592 g/mol. The second-order valence-electron chi connectivity index (χ2n) is 10.5. The van der Waals surface area contributed by atoms with Crippen LogP contribution in [0.3, 0.4) is 0 Å². The summed E-state index contributed by atoms with van der Waals surface area (Å²) in [6, 6.07) is 1.61. The normalized spacial score (nSPS) is 27.3. The van der Waals surface area contributed by atoms with Crippen LogP contribution in [0.2, 0.25) is 0 Å². The Bertz CT molecular complexity index is 1970. The van der Waals surface area contributed by atoms with E-state index in [2.05, 4.69) is 30.4 Å². The molecule has 0 bridgehead atoms. The Morgan fingerprint density at radius 3 is 2.64 bits per heavy atom. The molecule has 2 amide bonds. The number of carbonyl (C=O) groups is 2. The summed E-state index contributed by atoms with van der Waals surface area (Å²) in [5.41, 5.74) is 1.80. The van der Waals surface area contributed by atoms with Crippen LogP contribution in [0.4, 0.5) is 29.6 Å². The van der Waals surface area contributed by atoms with Crippen molar-refractivity contribution in [2.75, 3.05) is 12.4 Å². The predicted octanol–water partition coefficient (Wildman–Crippen LogP) is 2.75. The van der Waals surface area contributed by atoms with E-state index >= 15 is 0 Å². The van der Waals surface area contributed by atoms with Crippen LogP contribution < -0.4 is 22.1 Å². The topological polar surface area (TPSA) is 163 Å². The number of aryl methyl sites for hydroxylation is 1. The minimum absolute atomic E-state index is 0.00267. The fourth-order valence-corrected chi connectivity index (χ4v) is 5.76. The van der Waals surface area contributed by atoms with Gasteiger partial charge in [-0.05, 0) is 43.7 Å². The highest BCUT2D eigenvalue weighted by atomic mass is 19.4. The number of methoxy groups -OCH3 is 1. The number of nitrogens with zero attached hydrogens (tertiary/aromatic N) is 6. The number of imidazole rings is 2. The van der Waals surface area contributed by atoms with Crippen LogP contribution in [-0.4, -0.2) is 53.8 Å². The maximum Gasteiger partial charge on any atom is 0.435 e. The Morgan fingerprint density at radius 2 is 2.00 bits per heavy atom. The summed E-state index contributed by atoms with van der Waals surface area (Å²) in [5, 5.41) is 9.59. The van der Waals surface area contributed by atoms with Crippen LogP contribution in [0.25, 0.3) is 16.6 Å². The number of hydrogen-bond donors (Lipinski definition) is 3. The lowest BCUT2D eigenvalue weighted by Gasteiger charge is -2.14. The summed E-state index contributed by atoms with van der Waals surface area (Å²) in [4.78, 5) is 45.7. The summed E-state index contributed by atoms with van der Waals surface area (Å²) in [6.45, 7) is -1.21. The van der Waals surface area contributed by atoms with Crippen molar-refractivity contribution in [2.24, 2.45) is 18.6 Å². The van der Waals surface area contributed by atoms with Crippen LogP contribution in [0.15, 0.2) is 29.2 Å². The molecule has 13 nitrogen and oxygen atoms in total. The number of alkyl carbamates (subject to hydrolysis) is 1.